The third kappa shape index (κ3) is 2.96. The third-order valence-corrected chi connectivity index (χ3v) is 5.58. The number of benzene rings is 1. The Bertz CT molecular complexity index is 602. The molecule has 0 radical (unpaired) electrons. The fourth-order valence-electron chi connectivity index (χ4n) is 4.17. The first-order valence-electron chi connectivity index (χ1n) is 9.07. The molecule has 0 aromatic heterocycles. The van der Waals surface area contributed by atoms with Crippen LogP contribution in [0.5, 0.6) is 0 Å². The normalized spacial score (nSPS) is 26.5. The van der Waals surface area contributed by atoms with Crippen molar-refractivity contribution >= 4 is 11.6 Å². The lowest BCUT2D eigenvalue weighted by molar-refractivity contribution is -0.185. The van der Waals surface area contributed by atoms with E-state index in [1.54, 1.807) is 0 Å². The Kier molecular flexibility index (Phi) is 4.33. The number of nitrogens with zero attached hydrogens (tertiary/aromatic N) is 2. The van der Waals surface area contributed by atoms with Gasteiger partial charge in [-0.05, 0) is 31.4 Å². The molecule has 0 saturated carbocycles. The molecule has 3 aliphatic rings. The van der Waals surface area contributed by atoms with Crippen LogP contribution in [0.3, 0.4) is 0 Å². The molecule has 4 rings (SSSR count). The minimum absolute atomic E-state index is 0.207. The molecule has 1 amide bonds. The summed E-state index contributed by atoms with van der Waals surface area (Å²) in [5.74, 6) is -0.163. The summed E-state index contributed by atoms with van der Waals surface area (Å²) in [6, 6.07) is 8.57. The predicted octanol–water partition coefficient (Wildman–Crippen LogP) is 2.19. The lowest BCUT2D eigenvalue weighted by Gasteiger charge is -2.40. The number of carbonyl (C=O) groups excluding carboxylic acids is 1. The molecule has 0 aliphatic carbocycles. The van der Waals surface area contributed by atoms with E-state index in [-0.39, 0.29) is 17.7 Å². The number of hydrogen-bond acceptors (Lipinski definition) is 4. The number of anilines is 1. The number of fused-ring (bicyclic) bond motifs is 1. The molecule has 0 N–H and O–H groups in total. The standard InChI is InChI=1S/C19H26N2O3/c1-15-6-7-16-4-2-3-5-17(16)21(15)18(22)14-20-10-8-19(9-11-20)23-12-13-24-19/h2-5,15H,6-14H2,1H3/t15-/m1/s1. The summed E-state index contributed by atoms with van der Waals surface area (Å²) in [6.45, 7) is 5.74. The van der Waals surface area contributed by atoms with E-state index in [1.165, 1.54) is 5.56 Å². The predicted molar refractivity (Wildman–Crippen MR) is 92.0 cm³/mol. The first kappa shape index (κ1) is 16.1. The van der Waals surface area contributed by atoms with Crippen molar-refractivity contribution in [2.75, 3.05) is 37.7 Å². The summed E-state index contributed by atoms with van der Waals surface area (Å²) in [4.78, 5) is 17.2. The van der Waals surface area contributed by atoms with E-state index in [4.69, 9.17) is 9.47 Å². The number of likely N-dealkylation sites (tertiary alicyclic amines) is 1. The molecular weight excluding hydrogens is 304 g/mol. The molecule has 2 fully saturated rings. The number of ether oxygens (including phenoxy) is 2. The van der Waals surface area contributed by atoms with Crippen LogP contribution in [0.15, 0.2) is 24.3 Å². The van der Waals surface area contributed by atoms with Gasteiger partial charge in [0.25, 0.3) is 0 Å². The molecular formula is C19H26N2O3. The first-order valence-corrected chi connectivity index (χ1v) is 9.07. The van der Waals surface area contributed by atoms with Crippen molar-refractivity contribution < 1.29 is 14.3 Å². The number of aryl methyl sites for hydroxylation is 1. The molecule has 3 heterocycles. The zero-order valence-corrected chi connectivity index (χ0v) is 14.4. The van der Waals surface area contributed by atoms with Gasteiger partial charge in [0.2, 0.25) is 5.91 Å². The summed E-state index contributed by atoms with van der Waals surface area (Å²) in [6.07, 6.45) is 3.80. The van der Waals surface area contributed by atoms with E-state index >= 15 is 0 Å². The molecule has 1 aromatic carbocycles. The van der Waals surface area contributed by atoms with Gasteiger partial charge in [0.15, 0.2) is 5.79 Å². The lowest BCUT2D eigenvalue weighted by atomic mass is 9.96. The van der Waals surface area contributed by atoms with Crippen LogP contribution in [-0.4, -0.2) is 55.5 Å². The molecule has 0 unspecified atom stereocenters. The molecule has 24 heavy (non-hydrogen) atoms. The van der Waals surface area contributed by atoms with Crippen LogP contribution in [-0.2, 0) is 20.7 Å². The number of amides is 1. The second-order valence-electron chi connectivity index (χ2n) is 7.16. The van der Waals surface area contributed by atoms with E-state index in [1.807, 2.05) is 11.0 Å². The zero-order chi connectivity index (χ0) is 16.6. The van der Waals surface area contributed by atoms with Gasteiger partial charge in [0.05, 0.1) is 19.8 Å². The molecule has 1 aromatic rings. The summed E-state index contributed by atoms with van der Waals surface area (Å²) >= 11 is 0. The maximum Gasteiger partial charge on any atom is 0.241 e. The van der Waals surface area contributed by atoms with Crippen molar-refractivity contribution in [3.05, 3.63) is 29.8 Å². The molecule has 0 bridgehead atoms. The highest BCUT2D eigenvalue weighted by atomic mass is 16.7. The van der Waals surface area contributed by atoms with Crippen molar-refractivity contribution in [3.8, 4) is 0 Å². The van der Waals surface area contributed by atoms with Crippen LogP contribution >= 0.6 is 0 Å². The molecule has 130 valence electrons. The number of para-hydroxylation sites is 1. The number of rotatable bonds is 2. The quantitative estimate of drug-likeness (QED) is 0.834. The summed E-state index contributed by atoms with van der Waals surface area (Å²) in [5, 5.41) is 0. The van der Waals surface area contributed by atoms with Crippen molar-refractivity contribution in [1.29, 1.82) is 0 Å². The Balaban J connectivity index is 1.41. The van der Waals surface area contributed by atoms with Gasteiger partial charge in [0, 0.05) is 37.7 Å². The van der Waals surface area contributed by atoms with E-state index in [0.717, 1.165) is 44.5 Å². The maximum atomic E-state index is 13.0. The fraction of sp³-hybridized carbons (Fsp3) is 0.632. The Labute approximate surface area is 143 Å². The van der Waals surface area contributed by atoms with Crippen LogP contribution in [0.4, 0.5) is 5.69 Å². The Hall–Kier alpha value is -1.43. The van der Waals surface area contributed by atoms with Crippen LogP contribution in [0.25, 0.3) is 0 Å². The second-order valence-corrected chi connectivity index (χ2v) is 7.16. The van der Waals surface area contributed by atoms with Crippen LogP contribution in [0.1, 0.15) is 31.7 Å². The monoisotopic (exact) mass is 330 g/mol. The van der Waals surface area contributed by atoms with Gasteiger partial charge in [-0.1, -0.05) is 18.2 Å². The Morgan fingerprint density at radius 3 is 2.67 bits per heavy atom. The lowest BCUT2D eigenvalue weighted by Crippen LogP contribution is -2.51. The number of hydrogen-bond donors (Lipinski definition) is 0. The van der Waals surface area contributed by atoms with Crippen LogP contribution < -0.4 is 4.90 Å². The van der Waals surface area contributed by atoms with Crippen molar-refractivity contribution in [1.82, 2.24) is 4.90 Å². The highest BCUT2D eigenvalue weighted by molar-refractivity contribution is 5.96. The van der Waals surface area contributed by atoms with Gasteiger partial charge in [-0.2, -0.15) is 0 Å². The molecule has 5 heteroatoms. The highest BCUT2D eigenvalue weighted by Gasteiger charge is 2.40. The maximum absolute atomic E-state index is 13.0. The van der Waals surface area contributed by atoms with Crippen molar-refractivity contribution in [2.24, 2.45) is 0 Å². The second kappa shape index (κ2) is 6.47. The number of carbonyl (C=O) groups is 1. The minimum atomic E-state index is -0.370. The van der Waals surface area contributed by atoms with Gasteiger partial charge in [-0.25, -0.2) is 0 Å². The number of piperidine rings is 1. The summed E-state index contributed by atoms with van der Waals surface area (Å²) in [7, 11) is 0. The van der Waals surface area contributed by atoms with E-state index in [2.05, 4.69) is 30.0 Å². The SMILES string of the molecule is C[C@@H]1CCc2ccccc2N1C(=O)CN1CCC2(CC1)OCCO2. The smallest absolute Gasteiger partial charge is 0.241 e. The average Bonchev–Trinajstić information content (AvgIpc) is 3.05. The Morgan fingerprint density at radius 2 is 1.92 bits per heavy atom. The molecule has 5 nitrogen and oxygen atoms in total. The average molecular weight is 330 g/mol. The highest BCUT2D eigenvalue weighted by Crippen LogP contribution is 2.33. The van der Waals surface area contributed by atoms with E-state index in [9.17, 15) is 4.79 Å². The minimum Gasteiger partial charge on any atom is -0.347 e. The molecule has 3 aliphatic heterocycles. The van der Waals surface area contributed by atoms with Gasteiger partial charge in [-0.15, -0.1) is 0 Å². The van der Waals surface area contributed by atoms with Gasteiger partial charge in [0.1, 0.15) is 0 Å². The molecule has 1 spiro atoms. The first-order chi connectivity index (χ1) is 11.7. The largest absolute Gasteiger partial charge is 0.347 e. The van der Waals surface area contributed by atoms with Crippen molar-refractivity contribution in [2.45, 2.75) is 44.4 Å². The Morgan fingerprint density at radius 1 is 1.21 bits per heavy atom. The van der Waals surface area contributed by atoms with E-state index < -0.39 is 0 Å². The van der Waals surface area contributed by atoms with Crippen LogP contribution in [0, 0.1) is 0 Å². The topological polar surface area (TPSA) is 42.0 Å². The van der Waals surface area contributed by atoms with Gasteiger partial charge >= 0.3 is 0 Å². The van der Waals surface area contributed by atoms with Gasteiger partial charge < -0.3 is 14.4 Å². The van der Waals surface area contributed by atoms with Crippen LogP contribution in [0.2, 0.25) is 0 Å². The fourth-order valence-corrected chi connectivity index (χ4v) is 4.17. The van der Waals surface area contributed by atoms with Gasteiger partial charge in [-0.3, -0.25) is 9.69 Å². The summed E-state index contributed by atoms with van der Waals surface area (Å²) < 4.78 is 11.5. The summed E-state index contributed by atoms with van der Waals surface area (Å²) in [5.41, 5.74) is 2.38. The zero-order valence-electron chi connectivity index (χ0n) is 14.4. The third-order valence-electron chi connectivity index (χ3n) is 5.58. The molecule has 2 saturated heterocycles. The van der Waals surface area contributed by atoms with E-state index in [0.29, 0.717) is 19.8 Å². The van der Waals surface area contributed by atoms with Crippen molar-refractivity contribution in [3.63, 3.8) is 0 Å². The molecule has 1 atom stereocenters.